The minimum atomic E-state index is -0.405. The van der Waals surface area contributed by atoms with E-state index in [-0.39, 0.29) is 22.5 Å². The third kappa shape index (κ3) is 2.89. The van der Waals surface area contributed by atoms with Gasteiger partial charge >= 0.3 is 0 Å². The Labute approximate surface area is 126 Å². The maximum atomic E-state index is 13.7. The lowest BCUT2D eigenvalue weighted by atomic mass is 9.86. The number of halogens is 2. The molecule has 2 atom stereocenters. The van der Waals surface area contributed by atoms with Gasteiger partial charge in [0.05, 0.1) is 5.02 Å². The molecule has 2 aromatic rings. The summed E-state index contributed by atoms with van der Waals surface area (Å²) in [4.78, 5) is 13.4. The number of aromatic nitrogens is 1. The summed E-state index contributed by atoms with van der Waals surface area (Å²) in [6, 6.07) is 6.49. The molecule has 21 heavy (non-hydrogen) atoms. The Morgan fingerprint density at radius 1 is 1.43 bits per heavy atom. The molecular weight excluding hydrogens is 295 g/mol. The summed E-state index contributed by atoms with van der Waals surface area (Å²) >= 11 is 5.74. The van der Waals surface area contributed by atoms with Gasteiger partial charge in [0.25, 0.3) is 5.56 Å². The Bertz CT molecular complexity index is 697. The Hall–Kier alpha value is -1.59. The largest absolute Gasteiger partial charge is 0.383 e. The van der Waals surface area contributed by atoms with Crippen molar-refractivity contribution in [3.63, 3.8) is 0 Å². The van der Waals surface area contributed by atoms with Gasteiger partial charge in [-0.25, -0.2) is 4.39 Å². The van der Waals surface area contributed by atoms with Crippen LogP contribution in [0.3, 0.4) is 0 Å². The predicted molar refractivity (Wildman–Crippen MR) is 78.1 cm³/mol. The number of aromatic amines is 1. The molecule has 1 aliphatic rings. The van der Waals surface area contributed by atoms with E-state index in [9.17, 15) is 9.18 Å². The lowest BCUT2D eigenvalue weighted by Crippen LogP contribution is -2.33. The van der Waals surface area contributed by atoms with Gasteiger partial charge in [0, 0.05) is 18.0 Å². The fourth-order valence-corrected chi connectivity index (χ4v) is 3.07. The Kier molecular flexibility index (Phi) is 3.87. The molecule has 2 heterocycles. The van der Waals surface area contributed by atoms with Gasteiger partial charge in [0.15, 0.2) is 0 Å². The number of nitrogens with one attached hydrogen (secondary N) is 1. The number of likely N-dealkylation sites (tertiary alicyclic amines) is 1. The molecule has 0 bridgehead atoms. The van der Waals surface area contributed by atoms with Gasteiger partial charge in [0.2, 0.25) is 0 Å². The van der Waals surface area contributed by atoms with E-state index >= 15 is 0 Å². The molecule has 2 unspecified atom stereocenters. The van der Waals surface area contributed by atoms with Gasteiger partial charge in [-0.15, -0.1) is 0 Å². The van der Waals surface area contributed by atoms with Crippen LogP contribution < -0.4 is 5.56 Å². The van der Waals surface area contributed by atoms with Crippen molar-refractivity contribution in [2.75, 3.05) is 13.6 Å². The monoisotopic (exact) mass is 310 g/mol. The zero-order chi connectivity index (χ0) is 15.0. The second kappa shape index (κ2) is 5.66. The number of rotatable bonds is 2. The van der Waals surface area contributed by atoms with Crippen molar-refractivity contribution >= 4 is 11.6 Å². The van der Waals surface area contributed by atoms with E-state index in [4.69, 9.17) is 16.1 Å². The summed E-state index contributed by atoms with van der Waals surface area (Å²) in [5.74, 6) is 0.425. The average Bonchev–Trinajstić information content (AvgIpc) is 2.89. The Balaban J connectivity index is 1.86. The van der Waals surface area contributed by atoms with E-state index < -0.39 is 5.82 Å². The number of nitrogens with zero attached hydrogens (tertiary/aromatic N) is 1. The number of hydrogen-bond acceptors (Lipinski definition) is 3. The van der Waals surface area contributed by atoms with Crippen molar-refractivity contribution in [3.8, 4) is 0 Å². The molecule has 6 heteroatoms. The maximum absolute atomic E-state index is 13.7. The van der Waals surface area contributed by atoms with Crippen LogP contribution in [0.25, 0.3) is 0 Å². The van der Waals surface area contributed by atoms with Crippen molar-refractivity contribution in [2.45, 2.75) is 24.8 Å². The topological polar surface area (TPSA) is 49.2 Å². The number of hydrogen-bond donors (Lipinski definition) is 1. The molecule has 4 nitrogen and oxygen atoms in total. The van der Waals surface area contributed by atoms with Gasteiger partial charge in [-0.2, -0.15) is 5.16 Å². The molecular formula is C15H16ClFN2O2. The van der Waals surface area contributed by atoms with Crippen LogP contribution in [-0.2, 0) is 0 Å². The van der Waals surface area contributed by atoms with E-state index in [0.717, 1.165) is 24.9 Å². The standard InChI is InChI=1S/C15H16ClFN2O2/c1-19-5-4-10(14-8-15(20)18-21-14)7-13(19)9-2-3-11(16)12(17)6-9/h2-3,6,8,10,13H,4-5,7H2,1H3,(H,18,20). The van der Waals surface area contributed by atoms with Crippen LogP contribution in [0.5, 0.6) is 0 Å². The minimum Gasteiger partial charge on any atom is -0.383 e. The summed E-state index contributed by atoms with van der Waals surface area (Å²) in [7, 11) is 2.01. The van der Waals surface area contributed by atoms with Gasteiger partial charge in [0.1, 0.15) is 11.6 Å². The third-order valence-electron chi connectivity index (χ3n) is 4.14. The van der Waals surface area contributed by atoms with Crippen molar-refractivity contribution in [3.05, 3.63) is 56.8 Å². The van der Waals surface area contributed by atoms with Crippen LogP contribution in [-0.4, -0.2) is 23.6 Å². The first-order valence-corrected chi connectivity index (χ1v) is 7.26. The summed E-state index contributed by atoms with van der Waals surface area (Å²) in [5.41, 5.74) is 0.667. The summed E-state index contributed by atoms with van der Waals surface area (Å²) in [6.07, 6.45) is 1.68. The van der Waals surface area contributed by atoms with Gasteiger partial charge in [-0.1, -0.05) is 17.7 Å². The van der Waals surface area contributed by atoms with Crippen molar-refractivity contribution in [1.82, 2.24) is 10.1 Å². The fourth-order valence-electron chi connectivity index (χ4n) is 2.95. The zero-order valence-electron chi connectivity index (χ0n) is 11.6. The normalized spacial score (nSPS) is 23.4. The smallest absolute Gasteiger partial charge is 0.280 e. The van der Waals surface area contributed by atoms with Crippen LogP contribution in [0, 0.1) is 5.82 Å². The second-order valence-electron chi connectivity index (χ2n) is 5.51. The molecule has 1 N–H and O–H groups in total. The predicted octanol–water partition coefficient (Wildman–Crippen LogP) is 3.31. The number of piperidine rings is 1. The molecule has 0 aliphatic carbocycles. The fraction of sp³-hybridized carbons (Fsp3) is 0.400. The van der Waals surface area contributed by atoms with Gasteiger partial charge in [-0.05, 0) is 44.1 Å². The zero-order valence-corrected chi connectivity index (χ0v) is 12.4. The first kappa shape index (κ1) is 14.4. The number of benzene rings is 1. The lowest BCUT2D eigenvalue weighted by Gasteiger charge is -2.36. The SMILES string of the molecule is CN1CCC(c2cc(=O)[nH]o2)CC1c1ccc(Cl)c(F)c1. The molecule has 1 aliphatic heterocycles. The molecule has 1 aromatic carbocycles. The van der Waals surface area contributed by atoms with Crippen LogP contribution in [0.4, 0.5) is 4.39 Å². The third-order valence-corrected chi connectivity index (χ3v) is 4.45. The first-order valence-electron chi connectivity index (χ1n) is 6.88. The number of H-pyrrole nitrogens is 1. The highest BCUT2D eigenvalue weighted by Gasteiger charge is 2.30. The van der Waals surface area contributed by atoms with E-state index in [0.29, 0.717) is 5.76 Å². The molecule has 0 amide bonds. The molecule has 0 saturated carbocycles. The molecule has 1 aromatic heterocycles. The Morgan fingerprint density at radius 3 is 2.90 bits per heavy atom. The highest BCUT2D eigenvalue weighted by Crippen LogP contribution is 2.38. The molecule has 0 radical (unpaired) electrons. The van der Waals surface area contributed by atoms with Crippen molar-refractivity contribution in [1.29, 1.82) is 0 Å². The highest BCUT2D eigenvalue weighted by molar-refractivity contribution is 6.30. The maximum Gasteiger partial charge on any atom is 0.280 e. The Morgan fingerprint density at radius 2 is 2.24 bits per heavy atom. The van der Waals surface area contributed by atoms with Gasteiger partial charge in [-0.3, -0.25) is 9.69 Å². The van der Waals surface area contributed by atoms with Crippen LogP contribution in [0.2, 0.25) is 5.02 Å². The summed E-state index contributed by atoms with van der Waals surface area (Å²) in [6.45, 7) is 0.856. The lowest BCUT2D eigenvalue weighted by molar-refractivity contribution is 0.157. The van der Waals surface area contributed by atoms with E-state index in [1.165, 1.54) is 12.1 Å². The van der Waals surface area contributed by atoms with Crippen molar-refractivity contribution in [2.24, 2.45) is 0 Å². The van der Waals surface area contributed by atoms with Crippen LogP contribution in [0.15, 0.2) is 33.6 Å². The molecule has 1 saturated heterocycles. The molecule has 1 fully saturated rings. The summed E-state index contributed by atoms with van der Waals surface area (Å²) in [5, 5.41) is 2.46. The average molecular weight is 311 g/mol. The minimum absolute atomic E-state index is 0.0794. The molecule has 3 rings (SSSR count). The van der Waals surface area contributed by atoms with E-state index in [1.807, 2.05) is 13.1 Å². The molecule has 0 spiro atoms. The van der Waals surface area contributed by atoms with Crippen LogP contribution >= 0.6 is 11.6 Å². The van der Waals surface area contributed by atoms with Gasteiger partial charge < -0.3 is 4.52 Å². The highest BCUT2D eigenvalue weighted by atomic mass is 35.5. The van der Waals surface area contributed by atoms with Crippen LogP contribution in [0.1, 0.15) is 36.1 Å². The van der Waals surface area contributed by atoms with E-state index in [1.54, 1.807) is 6.07 Å². The quantitative estimate of drug-likeness (QED) is 0.926. The van der Waals surface area contributed by atoms with Crippen molar-refractivity contribution < 1.29 is 8.91 Å². The van der Waals surface area contributed by atoms with E-state index in [2.05, 4.69) is 10.1 Å². The summed E-state index contributed by atoms with van der Waals surface area (Å²) < 4.78 is 18.9. The second-order valence-corrected chi connectivity index (χ2v) is 5.91. The molecule has 112 valence electrons. The first-order chi connectivity index (χ1) is 10.0.